The van der Waals surface area contributed by atoms with E-state index in [0.29, 0.717) is 15.6 Å². The molecule has 6 heteroatoms. The Morgan fingerprint density at radius 3 is 2.29 bits per heavy atom. The summed E-state index contributed by atoms with van der Waals surface area (Å²) in [7, 11) is 1.60. The van der Waals surface area contributed by atoms with Crippen molar-refractivity contribution in [2.45, 2.75) is 6.92 Å². The second-order valence-electron chi connectivity index (χ2n) is 4.23. The first-order chi connectivity index (χ1) is 9.52. The zero-order valence-electron chi connectivity index (χ0n) is 11.0. The van der Waals surface area contributed by atoms with E-state index < -0.39 is 0 Å². The maximum absolute atomic E-state index is 12.4. The van der Waals surface area contributed by atoms with Gasteiger partial charge in [-0.15, -0.1) is 0 Å². The topological polar surface area (TPSA) is 26.3 Å². The van der Waals surface area contributed by atoms with Crippen LogP contribution in [0.1, 0.15) is 15.9 Å². The predicted molar refractivity (Wildman–Crippen MR) is 93.6 cm³/mol. The number of aryl methyl sites for hydroxylation is 1. The molecule has 0 fully saturated rings. The SMILES string of the molecule is COc1ccc(PC(=O)c2c(Cl)cccc2Cl)c(C)c1.[LiH]. The molecule has 0 aliphatic carbocycles. The van der Waals surface area contributed by atoms with E-state index in [0.717, 1.165) is 16.6 Å². The third-order valence-electron chi connectivity index (χ3n) is 2.87. The van der Waals surface area contributed by atoms with Gasteiger partial charge in [0.2, 0.25) is 0 Å². The van der Waals surface area contributed by atoms with Crippen molar-refractivity contribution in [2.75, 3.05) is 7.11 Å². The Bertz CT molecular complexity index is 642. The average molecular weight is 335 g/mol. The number of halogens is 2. The molecule has 2 nitrogen and oxygen atoms in total. The van der Waals surface area contributed by atoms with Crippen LogP contribution in [0.4, 0.5) is 0 Å². The van der Waals surface area contributed by atoms with Crippen molar-refractivity contribution in [3.8, 4) is 5.75 Å². The molecule has 0 aromatic heterocycles. The van der Waals surface area contributed by atoms with Crippen LogP contribution < -0.4 is 10.0 Å². The molecule has 0 radical (unpaired) electrons. The van der Waals surface area contributed by atoms with E-state index in [-0.39, 0.29) is 33.0 Å². The molecule has 2 aromatic rings. The summed E-state index contributed by atoms with van der Waals surface area (Å²) >= 11 is 12.1. The Labute approximate surface area is 148 Å². The van der Waals surface area contributed by atoms with E-state index in [2.05, 4.69) is 0 Å². The zero-order chi connectivity index (χ0) is 14.7. The van der Waals surface area contributed by atoms with Gasteiger partial charge >= 0.3 is 18.9 Å². The van der Waals surface area contributed by atoms with Crippen LogP contribution >= 0.6 is 31.8 Å². The molecule has 0 aliphatic rings. The summed E-state index contributed by atoms with van der Waals surface area (Å²) in [6.45, 7) is 1.95. The Balaban J connectivity index is 0.00000220. The van der Waals surface area contributed by atoms with Crippen molar-refractivity contribution >= 4 is 61.5 Å². The van der Waals surface area contributed by atoms with Crippen LogP contribution in [0.3, 0.4) is 0 Å². The Morgan fingerprint density at radius 2 is 1.76 bits per heavy atom. The number of carbonyl (C=O) groups excluding carboxylic acids is 1. The average Bonchev–Trinajstić information content (AvgIpc) is 2.41. The molecular formula is C15H14Cl2LiO2P. The Hall–Kier alpha value is -0.483. The second kappa shape index (κ2) is 8.23. The first kappa shape index (κ1) is 18.6. The van der Waals surface area contributed by atoms with Crippen LogP contribution in [0.25, 0.3) is 0 Å². The third-order valence-corrected chi connectivity index (χ3v) is 4.81. The van der Waals surface area contributed by atoms with Crippen LogP contribution in [-0.4, -0.2) is 31.5 Å². The van der Waals surface area contributed by atoms with Gasteiger partial charge in [0.25, 0.3) is 0 Å². The summed E-state index contributed by atoms with van der Waals surface area (Å²) in [5, 5.41) is 1.74. The van der Waals surface area contributed by atoms with Crippen LogP contribution in [-0.2, 0) is 0 Å². The predicted octanol–water partition coefficient (Wildman–Crippen LogP) is 3.81. The molecule has 2 aromatic carbocycles. The fraction of sp³-hybridized carbons (Fsp3) is 0.133. The molecule has 106 valence electrons. The van der Waals surface area contributed by atoms with E-state index in [1.807, 2.05) is 25.1 Å². The van der Waals surface area contributed by atoms with Gasteiger partial charge in [0.1, 0.15) is 5.75 Å². The van der Waals surface area contributed by atoms with E-state index >= 15 is 0 Å². The molecule has 0 saturated heterocycles. The van der Waals surface area contributed by atoms with Gasteiger partial charge in [-0.1, -0.05) is 35.3 Å². The van der Waals surface area contributed by atoms with Gasteiger partial charge in [-0.05, 0) is 50.6 Å². The fourth-order valence-corrected chi connectivity index (χ4v) is 3.61. The van der Waals surface area contributed by atoms with Gasteiger partial charge in [0, 0.05) is 0 Å². The molecule has 0 spiro atoms. The van der Waals surface area contributed by atoms with Gasteiger partial charge in [-0.3, -0.25) is 4.79 Å². The summed E-state index contributed by atoms with van der Waals surface area (Å²) in [5.74, 6) is 0.777. The van der Waals surface area contributed by atoms with E-state index in [9.17, 15) is 4.79 Å². The Morgan fingerprint density at radius 1 is 1.14 bits per heavy atom. The minimum absolute atomic E-state index is 0. The molecule has 1 unspecified atom stereocenters. The summed E-state index contributed by atoms with van der Waals surface area (Å²) in [5.41, 5.74) is 1.34. The van der Waals surface area contributed by atoms with Crippen LogP contribution in [0.5, 0.6) is 5.75 Å². The van der Waals surface area contributed by atoms with Gasteiger partial charge < -0.3 is 4.74 Å². The van der Waals surface area contributed by atoms with Crippen LogP contribution in [0, 0.1) is 6.92 Å². The molecule has 0 heterocycles. The number of benzene rings is 2. The number of carbonyl (C=O) groups is 1. The van der Waals surface area contributed by atoms with E-state index in [1.54, 1.807) is 25.3 Å². The number of hydrogen-bond donors (Lipinski definition) is 0. The molecule has 0 bridgehead atoms. The molecule has 0 N–H and O–H groups in total. The zero-order valence-corrected chi connectivity index (χ0v) is 13.5. The van der Waals surface area contributed by atoms with E-state index in [4.69, 9.17) is 27.9 Å². The molecule has 0 saturated carbocycles. The second-order valence-corrected chi connectivity index (χ2v) is 6.29. The molecule has 1 atom stereocenters. The monoisotopic (exact) mass is 334 g/mol. The number of hydrogen-bond acceptors (Lipinski definition) is 2. The summed E-state index contributed by atoms with van der Waals surface area (Å²) in [6, 6.07) is 10.7. The van der Waals surface area contributed by atoms with Crippen LogP contribution in [0.2, 0.25) is 10.0 Å². The fourth-order valence-electron chi connectivity index (χ4n) is 1.80. The van der Waals surface area contributed by atoms with Crippen molar-refractivity contribution in [3.05, 3.63) is 57.6 Å². The molecule has 0 aliphatic heterocycles. The maximum atomic E-state index is 12.4. The van der Waals surface area contributed by atoms with Crippen molar-refractivity contribution in [1.82, 2.24) is 0 Å². The number of ether oxygens (including phenoxy) is 1. The van der Waals surface area contributed by atoms with Crippen molar-refractivity contribution < 1.29 is 9.53 Å². The van der Waals surface area contributed by atoms with Crippen molar-refractivity contribution in [2.24, 2.45) is 0 Å². The van der Waals surface area contributed by atoms with Crippen LogP contribution in [0.15, 0.2) is 36.4 Å². The normalized spacial score (nSPS) is 10.5. The molecular weight excluding hydrogens is 321 g/mol. The molecule has 0 amide bonds. The van der Waals surface area contributed by atoms with Gasteiger partial charge in [-0.25, -0.2) is 0 Å². The third kappa shape index (κ3) is 4.49. The first-order valence-corrected chi connectivity index (χ1v) is 7.68. The van der Waals surface area contributed by atoms with Gasteiger partial charge in [0.15, 0.2) is 5.52 Å². The summed E-state index contributed by atoms with van der Waals surface area (Å²) in [6.07, 6.45) is 0. The number of rotatable bonds is 4. The van der Waals surface area contributed by atoms with E-state index in [1.165, 1.54) is 0 Å². The molecule has 2 rings (SSSR count). The summed E-state index contributed by atoms with van der Waals surface area (Å²) < 4.78 is 5.15. The summed E-state index contributed by atoms with van der Waals surface area (Å²) in [4.78, 5) is 12.4. The quantitative estimate of drug-likeness (QED) is 0.627. The number of methoxy groups -OCH3 is 1. The van der Waals surface area contributed by atoms with Crippen molar-refractivity contribution in [1.29, 1.82) is 0 Å². The Kier molecular flexibility index (Phi) is 7.28. The van der Waals surface area contributed by atoms with Crippen molar-refractivity contribution in [3.63, 3.8) is 0 Å². The standard InChI is InChI=1S/C15H13Cl2O2P.Li.H/c1-9-8-10(19-2)6-7-13(9)20-15(18)14-11(16)4-3-5-12(14)17;;/h3-8,20H,1-2H3;;. The van der Waals surface area contributed by atoms with Gasteiger partial charge in [-0.2, -0.15) is 0 Å². The minimum atomic E-state index is -0.0612. The molecule has 21 heavy (non-hydrogen) atoms. The van der Waals surface area contributed by atoms with Gasteiger partial charge in [0.05, 0.1) is 22.7 Å². The first-order valence-electron chi connectivity index (χ1n) is 5.93.